The van der Waals surface area contributed by atoms with Crippen LogP contribution in [0, 0.1) is 0 Å². The Balaban J connectivity index is 0. The van der Waals surface area contributed by atoms with E-state index in [0.29, 0.717) is 0 Å². The van der Waals surface area contributed by atoms with E-state index >= 15 is 0 Å². The van der Waals surface area contributed by atoms with E-state index in [1.54, 1.807) is 0 Å². The summed E-state index contributed by atoms with van der Waals surface area (Å²) in [5.41, 5.74) is 5.00. The molecule has 0 heterocycles. The van der Waals surface area contributed by atoms with Crippen LogP contribution < -0.4 is 5.73 Å². The lowest BCUT2D eigenvalue weighted by Crippen LogP contribution is -2.30. The highest BCUT2D eigenvalue weighted by Gasteiger charge is 2.12. The van der Waals surface area contributed by atoms with E-state index in [1.165, 1.54) is 0 Å². The predicted molar refractivity (Wildman–Crippen MR) is 47.2 cm³/mol. The highest BCUT2D eigenvalue weighted by Crippen LogP contribution is 1.93. The first-order chi connectivity index (χ1) is 6.81. The fourth-order valence-corrected chi connectivity index (χ4v) is 0.402. The van der Waals surface area contributed by atoms with Gasteiger partial charge in [0.1, 0.15) is 12.6 Å². The molecule has 0 bridgehead atoms. The van der Waals surface area contributed by atoms with Crippen molar-refractivity contribution < 1.29 is 34.8 Å². The first-order valence-electron chi connectivity index (χ1n) is 3.84. The maximum Gasteiger partial charge on any atom is 0.329 e. The number of rotatable bonds is 5. The van der Waals surface area contributed by atoms with Crippen molar-refractivity contribution in [3.05, 3.63) is 0 Å². The number of hydrogen-bond donors (Lipinski definition) is 5. The van der Waals surface area contributed by atoms with E-state index in [1.807, 2.05) is 0 Å². The smallest absolute Gasteiger partial charge is 0.329 e. The Bertz CT molecular complexity index is 227. The van der Waals surface area contributed by atoms with Gasteiger partial charge in [0.2, 0.25) is 0 Å². The Hall–Kier alpha value is -1.67. The normalized spacial score (nSPS) is 10.8. The SMILES string of the molecule is N[C@@H](CCC(=O)O)C(=O)O.O=C(O)CO. The average molecular weight is 223 g/mol. The van der Waals surface area contributed by atoms with Crippen molar-refractivity contribution in [3.8, 4) is 0 Å². The van der Waals surface area contributed by atoms with Gasteiger partial charge in [0.15, 0.2) is 0 Å². The monoisotopic (exact) mass is 223 g/mol. The first-order valence-corrected chi connectivity index (χ1v) is 3.84. The molecule has 0 aromatic heterocycles. The van der Waals surface area contributed by atoms with Gasteiger partial charge in [-0.05, 0) is 6.42 Å². The van der Waals surface area contributed by atoms with Crippen LogP contribution in [0.5, 0.6) is 0 Å². The molecule has 88 valence electrons. The molecule has 1 atom stereocenters. The summed E-state index contributed by atoms with van der Waals surface area (Å²) >= 11 is 0. The molecule has 0 amide bonds. The van der Waals surface area contributed by atoms with E-state index in [2.05, 4.69) is 0 Å². The average Bonchev–Trinajstić information content (AvgIpc) is 2.14. The van der Waals surface area contributed by atoms with Crippen LogP contribution in [-0.4, -0.2) is 51.0 Å². The van der Waals surface area contributed by atoms with Crippen LogP contribution in [-0.2, 0) is 14.4 Å². The Morgan fingerprint density at radius 1 is 1.07 bits per heavy atom. The van der Waals surface area contributed by atoms with Crippen LogP contribution in [0.1, 0.15) is 12.8 Å². The molecule has 0 fully saturated rings. The van der Waals surface area contributed by atoms with E-state index in [9.17, 15) is 9.59 Å². The summed E-state index contributed by atoms with van der Waals surface area (Å²) in [7, 11) is 0. The summed E-state index contributed by atoms with van der Waals surface area (Å²) in [5.74, 6) is -3.39. The molecule has 8 heteroatoms. The van der Waals surface area contributed by atoms with Gasteiger partial charge in [-0.15, -0.1) is 0 Å². The summed E-state index contributed by atoms with van der Waals surface area (Å²) < 4.78 is 0. The van der Waals surface area contributed by atoms with Gasteiger partial charge in [0.25, 0.3) is 0 Å². The van der Waals surface area contributed by atoms with Crippen LogP contribution in [0.15, 0.2) is 0 Å². The molecule has 0 aliphatic rings. The van der Waals surface area contributed by atoms with Gasteiger partial charge in [0, 0.05) is 6.42 Å². The minimum Gasteiger partial charge on any atom is -0.481 e. The molecular formula is C7H13NO7. The minimum atomic E-state index is -1.19. The molecule has 0 aliphatic carbocycles. The molecule has 0 rings (SSSR count). The molecule has 0 saturated heterocycles. The maximum absolute atomic E-state index is 9.99. The molecule has 0 unspecified atom stereocenters. The molecule has 0 radical (unpaired) electrons. The third-order valence-corrected chi connectivity index (χ3v) is 1.12. The van der Waals surface area contributed by atoms with Crippen molar-refractivity contribution in [1.82, 2.24) is 0 Å². The Kier molecular flexibility index (Phi) is 9.37. The summed E-state index contributed by atoms with van der Waals surface area (Å²) in [6.45, 7) is -0.778. The van der Waals surface area contributed by atoms with Crippen LogP contribution in [0.4, 0.5) is 0 Å². The molecule has 0 aromatic carbocycles. The molecule has 15 heavy (non-hydrogen) atoms. The number of aliphatic carboxylic acids is 3. The quantitative estimate of drug-likeness (QED) is 0.370. The van der Waals surface area contributed by atoms with Crippen LogP contribution >= 0.6 is 0 Å². The topological polar surface area (TPSA) is 158 Å². The highest BCUT2D eigenvalue weighted by molar-refractivity contribution is 5.74. The fraction of sp³-hybridized carbons (Fsp3) is 0.571. The van der Waals surface area contributed by atoms with Crippen LogP contribution in [0.3, 0.4) is 0 Å². The number of carboxylic acids is 3. The Morgan fingerprint density at radius 3 is 1.67 bits per heavy atom. The number of carboxylic acid groups (broad SMARTS) is 3. The zero-order valence-electron chi connectivity index (χ0n) is 7.79. The second-order valence-electron chi connectivity index (χ2n) is 2.43. The minimum absolute atomic E-state index is 0.0231. The largest absolute Gasteiger partial charge is 0.481 e. The van der Waals surface area contributed by atoms with Gasteiger partial charge in [-0.25, -0.2) is 4.79 Å². The number of hydrogen-bond acceptors (Lipinski definition) is 5. The van der Waals surface area contributed by atoms with Crippen LogP contribution in [0.25, 0.3) is 0 Å². The Labute approximate surface area is 84.9 Å². The van der Waals surface area contributed by atoms with Crippen molar-refractivity contribution >= 4 is 17.9 Å². The van der Waals surface area contributed by atoms with Gasteiger partial charge in [-0.1, -0.05) is 0 Å². The standard InChI is InChI=1S/C5H9NO4.C2H4O3/c6-3(5(9)10)1-2-4(7)8;3-1-2(4)5/h3H,1-2,6H2,(H,7,8)(H,9,10);3H,1H2,(H,4,5)/t3-;/m0./s1. The zero-order chi connectivity index (χ0) is 12.4. The first kappa shape index (κ1) is 15.8. The molecule has 0 spiro atoms. The number of aliphatic hydroxyl groups is 1. The van der Waals surface area contributed by atoms with E-state index < -0.39 is 30.6 Å². The molecular weight excluding hydrogens is 210 g/mol. The summed E-state index contributed by atoms with van der Waals surface area (Å²) in [6.07, 6.45) is -0.224. The third kappa shape index (κ3) is 15.1. The number of carbonyl (C=O) groups is 3. The van der Waals surface area contributed by atoms with E-state index in [4.69, 9.17) is 31.0 Å². The summed E-state index contributed by atoms with van der Waals surface area (Å²) in [6, 6.07) is -1.06. The molecule has 0 saturated carbocycles. The van der Waals surface area contributed by atoms with E-state index in [-0.39, 0.29) is 12.8 Å². The van der Waals surface area contributed by atoms with Gasteiger partial charge < -0.3 is 26.2 Å². The second-order valence-corrected chi connectivity index (χ2v) is 2.43. The lowest BCUT2D eigenvalue weighted by atomic mass is 10.2. The Morgan fingerprint density at radius 2 is 1.47 bits per heavy atom. The predicted octanol–water partition coefficient (Wildman–Crippen LogP) is -1.67. The second kappa shape index (κ2) is 8.91. The molecule has 0 aromatic rings. The van der Waals surface area contributed by atoms with Crippen molar-refractivity contribution in [1.29, 1.82) is 0 Å². The van der Waals surface area contributed by atoms with E-state index in [0.717, 1.165) is 0 Å². The molecule has 6 N–H and O–H groups in total. The lowest BCUT2D eigenvalue weighted by Gasteiger charge is -2.01. The van der Waals surface area contributed by atoms with Crippen molar-refractivity contribution in [2.75, 3.05) is 6.61 Å². The molecule has 8 nitrogen and oxygen atoms in total. The number of nitrogens with two attached hydrogens (primary N) is 1. The van der Waals surface area contributed by atoms with Gasteiger partial charge >= 0.3 is 17.9 Å². The number of aliphatic hydroxyl groups excluding tert-OH is 1. The zero-order valence-corrected chi connectivity index (χ0v) is 7.79. The molecule has 0 aliphatic heterocycles. The van der Waals surface area contributed by atoms with Gasteiger partial charge in [0.05, 0.1) is 0 Å². The third-order valence-electron chi connectivity index (χ3n) is 1.12. The van der Waals surface area contributed by atoms with Crippen molar-refractivity contribution in [2.24, 2.45) is 5.73 Å². The lowest BCUT2D eigenvalue weighted by molar-refractivity contribution is -0.141. The van der Waals surface area contributed by atoms with Gasteiger partial charge in [-0.3, -0.25) is 9.59 Å². The van der Waals surface area contributed by atoms with Crippen molar-refractivity contribution in [3.63, 3.8) is 0 Å². The summed E-state index contributed by atoms with van der Waals surface area (Å²) in [5, 5.41) is 31.3. The van der Waals surface area contributed by atoms with Crippen molar-refractivity contribution in [2.45, 2.75) is 18.9 Å². The van der Waals surface area contributed by atoms with Crippen LogP contribution in [0.2, 0.25) is 0 Å². The summed E-state index contributed by atoms with van der Waals surface area (Å²) in [4.78, 5) is 29.0. The van der Waals surface area contributed by atoms with Gasteiger partial charge in [-0.2, -0.15) is 0 Å². The highest BCUT2D eigenvalue weighted by atomic mass is 16.4. The maximum atomic E-state index is 9.99. The fourth-order valence-electron chi connectivity index (χ4n) is 0.402.